The first kappa shape index (κ1) is 16.6. The fraction of sp³-hybridized carbons (Fsp3) is 0.357. The number of nitrogens with one attached hydrogen (secondary N) is 2. The van der Waals surface area contributed by atoms with E-state index >= 15 is 0 Å². The van der Waals surface area contributed by atoms with Gasteiger partial charge in [0.1, 0.15) is 17.9 Å². The molecule has 4 N–H and O–H groups in total. The monoisotopic (exact) mass is 295 g/mol. The summed E-state index contributed by atoms with van der Waals surface area (Å²) >= 11 is 0. The maximum absolute atomic E-state index is 13.6. The number of carbonyl (C=O) groups is 3. The van der Waals surface area contributed by atoms with E-state index in [4.69, 9.17) is 5.73 Å². The van der Waals surface area contributed by atoms with E-state index in [-0.39, 0.29) is 12.0 Å². The topological polar surface area (TPSA) is 101 Å². The second kappa shape index (κ2) is 7.37. The molecule has 0 bridgehead atoms. The maximum atomic E-state index is 13.6. The van der Waals surface area contributed by atoms with Crippen molar-refractivity contribution in [3.8, 4) is 0 Å². The minimum absolute atomic E-state index is 0.0242. The van der Waals surface area contributed by atoms with Crippen LogP contribution in [-0.4, -0.2) is 29.8 Å². The normalized spacial score (nSPS) is 13.1. The van der Waals surface area contributed by atoms with Gasteiger partial charge in [0.05, 0.1) is 0 Å². The SMILES string of the molecule is CC(=O)N[C@@H](Cc1ccccc1F)C(=O)N[C@@H](C)C(N)=O. The molecule has 3 amide bonds. The van der Waals surface area contributed by atoms with E-state index in [2.05, 4.69) is 10.6 Å². The predicted octanol–water partition coefficient (Wildman–Crippen LogP) is -0.137. The minimum atomic E-state index is -0.985. The van der Waals surface area contributed by atoms with Gasteiger partial charge in [0, 0.05) is 13.3 Å². The van der Waals surface area contributed by atoms with Gasteiger partial charge >= 0.3 is 0 Å². The zero-order valence-corrected chi connectivity index (χ0v) is 11.9. The molecule has 21 heavy (non-hydrogen) atoms. The van der Waals surface area contributed by atoms with Crippen molar-refractivity contribution < 1.29 is 18.8 Å². The van der Waals surface area contributed by atoms with Crippen LogP contribution < -0.4 is 16.4 Å². The summed E-state index contributed by atoms with van der Waals surface area (Å²) in [5.41, 5.74) is 5.35. The third-order valence-corrected chi connectivity index (χ3v) is 2.86. The zero-order valence-electron chi connectivity index (χ0n) is 11.9. The largest absolute Gasteiger partial charge is 0.368 e. The van der Waals surface area contributed by atoms with Crippen LogP contribution in [-0.2, 0) is 20.8 Å². The van der Waals surface area contributed by atoms with Gasteiger partial charge in [-0.05, 0) is 18.6 Å². The van der Waals surface area contributed by atoms with Gasteiger partial charge in [0.15, 0.2) is 0 Å². The number of rotatable bonds is 6. The second-order valence-corrected chi connectivity index (χ2v) is 4.68. The highest BCUT2D eigenvalue weighted by Gasteiger charge is 2.23. The number of carbonyl (C=O) groups excluding carboxylic acids is 3. The van der Waals surface area contributed by atoms with Crippen molar-refractivity contribution in [2.24, 2.45) is 5.73 Å². The molecule has 1 rings (SSSR count). The number of hydrogen-bond acceptors (Lipinski definition) is 3. The smallest absolute Gasteiger partial charge is 0.243 e. The highest BCUT2D eigenvalue weighted by molar-refractivity contribution is 5.91. The van der Waals surface area contributed by atoms with Crippen molar-refractivity contribution in [3.05, 3.63) is 35.6 Å². The van der Waals surface area contributed by atoms with Crippen molar-refractivity contribution in [1.82, 2.24) is 10.6 Å². The third kappa shape index (κ3) is 5.21. The van der Waals surface area contributed by atoms with Crippen LogP contribution in [0.25, 0.3) is 0 Å². The number of primary amides is 1. The Balaban J connectivity index is 2.85. The van der Waals surface area contributed by atoms with Crippen molar-refractivity contribution in [2.75, 3.05) is 0 Å². The molecule has 0 aliphatic heterocycles. The molecular weight excluding hydrogens is 277 g/mol. The number of benzene rings is 1. The molecule has 114 valence electrons. The van der Waals surface area contributed by atoms with Crippen molar-refractivity contribution in [1.29, 1.82) is 0 Å². The lowest BCUT2D eigenvalue weighted by atomic mass is 10.0. The van der Waals surface area contributed by atoms with Crippen LogP contribution in [0.2, 0.25) is 0 Å². The van der Waals surface area contributed by atoms with Crippen LogP contribution in [0.15, 0.2) is 24.3 Å². The lowest BCUT2D eigenvalue weighted by Gasteiger charge is -2.20. The summed E-state index contributed by atoms with van der Waals surface area (Å²) in [6.07, 6.45) is -0.0242. The van der Waals surface area contributed by atoms with Gasteiger partial charge in [-0.15, -0.1) is 0 Å². The Morgan fingerprint density at radius 2 is 1.86 bits per heavy atom. The van der Waals surface area contributed by atoms with Gasteiger partial charge in [-0.25, -0.2) is 4.39 Å². The molecule has 0 heterocycles. The molecule has 0 fully saturated rings. The number of halogens is 1. The van der Waals surface area contributed by atoms with Crippen LogP contribution >= 0.6 is 0 Å². The van der Waals surface area contributed by atoms with Crippen molar-refractivity contribution >= 4 is 17.7 Å². The number of hydrogen-bond donors (Lipinski definition) is 3. The Hall–Kier alpha value is -2.44. The lowest BCUT2D eigenvalue weighted by molar-refractivity contribution is -0.130. The van der Waals surface area contributed by atoms with Crippen molar-refractivity contribution in [2.45, 2.75) is 32.4 Å². The lowest BCUT2D eigenvalue weighted by Crippen LogP contribution is -2.52. The summed E-state index contributed by atoms with van der Waals surface area (Å²) in [7, 11) is 0. The van der Waals surface area contributed by atoms with E-state index in [1.54, 1.807) is 6.07 Å². The van der Waals surface area contributed by atoms with Gasteiger partial charge in [0.25, 0.3) is 0 Å². The standard InChI is InChI=1S/C14H18FN3O3/c1-8(13(16)20)17-14(21)12(18-9(2)19)7-10-5-3-4-6-11(10)15/h3-6,8,12H,7H2,1-2H3,(H2,16,20)(H,17,21)(H,18,19)/t8-,12-/m0/s1. The number of nitrogens with two attached hydrogens (primary N) is 1. The fourth-order valence-electron chi connectivity index (χ4n) is 1.72. The predicted molar refractivity (Wildman–Crippen MR) is 74.5 cm³/mol. The summed E-state index contributed by atoms with van der Waals surface area (Å²) in [4.78, 5) is 34.2. The quantitative estimate of drug-likeness (QED) is 0.681. The Bertz CT molecular complexity index is 548. The average molecular weight is 295 g/mol. The molecule has 1 aromatic rings. The fourth-order valence-corrected chi connectivity index (χ4v) is 1.72. The molecule has 0 aromatic heterocycles. The van der Waals surface area contributed by atoms with Gasteiger partial charge in [-0.2, -0.15) is 0 Å². The van der Waals surface area contributed by atoms with Crippen LogP contribution in [0.5, 0.6) is 0 Å². The van der Waals surface area contributed by atoms with Gasteiger partial charge in [-0.1, -0.05) is 18.2 Å². The zero-order chi connectivity index (χ0) is 16.0. The summed E-state index contributed by atoms with van der Waals surface area (Å²) in [6, 6.07) is 4.09. The molecule has 0 aliphatic rings. The highest BCUT2D eigenvalue weighted by atomic mass is 19.1. The van der Waals surface area contributed by atoms with Gasteiger partial charge in [0.2, 0.25) is 17.7 Å². The van der Waals surface area contributed by atoms with Crippen molar-refractivity contribution in [3.63, 3.8) is 0 Å². The molecular formula is C14H18FN3O3. The molecule has 0 radical (unpaired) electrons. The van der Waals surface area contributed by atoms with E-state index in [0.29, 0.717) is 0 Å². The first-order valence-electron chi connectivity index (χ1n) is 6.41. The van der Waals surface area contributed by atoms with Crippen LogP contribution in [0, 0.1) is 5.82 Å². The Kier molecular flexibility index (Phi) is 5.83. The first-order chi connectivity index (χ1) is 9.81. The minimum Gasteiger partial charge on any atom is -0.368 e. The number of amides is 3. The summed E-state index contributed by atoms with van der Waals surface area (Å²) in [6.45, 7) is 2.67. The van der Waals surface area contributed by atoms with E-state index < -0.39 is 35.6 Å². The molecule has 0 saturated heterocycles. The maximum Gasteiger partial charge on any atom is 0.243 e. The Morgan fingerprint density at radius 1 is 1.24 bits per heavy atom. The summed E-state index contributed by atoms with van der Waals surface area (Å²) in [5, 5.41) is 4.80. The molecule has 0 saturated carbocycles. The van der Waals surface area contributed by atoms with Crippen LogP contribution in [0.1, 0.15) is 19.4 Å². The van der Waals surface area contributed by atoms with Gasteiger partial charge < -0.3 is 16.4 Å². The summed E-state index contributed by atoms with van der Waals surface area (Å²) < 4.78 is 13.6. The Morgan fingerprint density at radius 3 is 2.38 bits per heavy atom. The first-order valence-corrected chi connectivity index (χ1v) is 6.41. The Labute approximate surface area is 121 Å². The highest BCUT2D eigenvalue weighted by Crippen LogP contribution is 2.09. The third-order valence-electron chi connectivity index (χ3n) is 2.86. The average Bonchev–Trinajstić information content (AvgIpc) is 2.39. The van der Waals surface area contributed by atoms with Crippen LogP contribution in [0.3, 0.4) is 0 Å². The van der Waals surface area contributed by atoms with E-state index in [9.17, 15) is 18.8 Å². The molecule has 0 aliphatic carbocycles. The molecule has 0 spiro atoms. The summed E-state index contributed by atoms with van der Waals surface area (Å²) in [5.74, 6) is -2.20. The molecule has 1 aromatic carbocycles. The molecule has 2 atom stereocenters. The van der Waals surface area contributed by atoms with E-state index in [0.717, 1.165) is 0 Å². The second-order valence-electron chi connectivity index (χ2n) is 4.68. The van der Waals surface area contributed by atoms with Crippen LogP contribution in [0.4, 0.5) is 4.39 Å². The molecule has 6 nitrogen and oxygen atoms in total. The van der Waals surface area contributed by atoms with E-state index in [1.807, 2.05) is 0 Å². The molecule has 0 unspecified atom stereocenters. The molecule has 7 heteroatoms. The van der Waals surface area contributed by atoms with Gasteiger partial charge in [-0.3, -0.25) is 14.4 Å². The van der Waals surface area contributed by atoms with E-state index in [1.165, 1.54) is 32.0 Å².